The van der Waals surface area contributed by atoms with Gasteiger partial charge in [-0.1, -0.05) is 26.0 Å². The molecule has 0 aliphatic heterocycles. The predicted molar refractivity (Wildman–Crippen MR) is 103 cm³/mol. The number of nitrogens with zero attached hydrogens (tertiary/aromatic N) is 3. The van der Waals surface area contributed by atoms with E-state index in [0.29, 0.717) is 28.4 Å². The minimum absolute atomic E-state index is 0.188. The van der Waals surface area contributed by atoms with Crippen LogP contribution in [0.25, 0.3) is 11.1 Å². The van der Waals surface area contributed by atoms with E-state index in [-0.39, 0.29) is 17.5 Å². The Labute approximate surface area is 157 Å². The molecule has 0 aliphatic rings. The second-order valence-electron chi connectivity index (χ2n) is 6.89. The lowest BCUT2D eigenvalue weighted by atomic mass is 10.0. The van der Waals surface area contributed by atoms with Crippen molar-refractivity contribution in [1.29, 1.82) is 0 Å². The summed E-state index contributed by atoms with van der Waals surface area (Å²) in [6.07, 6.45) is 3.81. The number of rotatable bonds is 6. The molecule has 140 valence electrons. The Morgan fingerprint density at radius 3 is 2.74 bits per heavy atom. The van der Waals surface area contributed by atoms with Crippen LogP contribution in [0.1, 0.15) is 42.5 Å². The number of aromatic nitrogens is 4. The second-order valence-corrected chi connectivity index (χ2v) is 6.89. The molecule has 0 unspecified atom stereocenters. The second kappa shape index (κ2) is 7.99. The van der Waals surface area contributed by atoms with Crippen LogP contribution in [0.3, 0.4) is 0 Å². The van der Waals surface area contributed by atoms with Crippen LogP contribution in [0.5, 0.6) is 0 Å². The topological polar surface area (TPSA) is 92.7 Å². The number of aromatic amines is 1. The van der Waals surface area contributed by atoms with Gasteiger partial charge in [-0.25, -0.2) is 4.98 Å². The molecule has 3 aromatic rings. The highest BCUT2D eigenvalue weighted by Gasteiger charge is 2.21. The minimum atomic E-state index is -0.242. The van der Waals surface area contributed by atoms with E-state index < -0.39 is 0 Å². The van der Waals surface area contributed by atoms with Crippen LogP contribution in [-0.2, 0) is 7.05 Å². The Bertz CT molecular complexity index is 990. The summed E-state index contributed by atoms with van der Waals surface area (Å²) in [7, 11) is 1.81. The highest BCUT2D eigenvalue weighted by atomic mass is 16.1. The van der Waals surface area contributed by atoms with Crippen LogP contribution in [0, 0.1) is 5.92 Å². The van der Waals surface area contributed by atoms with E-state index in [1.165, 1.54) is 6.33 Å². The van der Waals surface area contributed by atoms with Crippen molar-refractivity contribution in [2.45, 2.75) is 26.3 Å². The van der Waals surface area contributed by atoms with E-state index in [1.54, 1.807) is 41.2 Å². The molecule has 0 fully saturated rings. The first-order valence-corrected chi connectivity index (χ1v) is 8.88. The maximum atomic E-state index is 12.9. The monoisotopic (exact) mass is 365 g/mol. The zero-order chi connectivity index (χ0) is 19.4. The molecule has 0 saturated heterocycles. The van der Waals surface area contributed by atoms with Crippen molar-refractivity contribution in [2.75, 3.05) is 0 Å². The Hall–Kier alpha value is -3.22. The number of hydrogen-bond donors (Lipinski definition) is 2. The van der Waals surface area contributed by atoms with Crippen molar-refractivity contribution in [3.63, 3.8) is 0 Å². The largest absolute Gasteiger partial charge is 0.342 e. The van der Waals surface area contributed by atoms with Gasteiger partial charge < -0.3 is 10.3 Å². The Morgan fingerprint density at radius 1 is 1.26 bits per heavy atom. The van der Waals surface area contributed by atoms with Gasteiger partial charge in [0.1, 0.15) is 12.2 Å². The summed E-state index contributed by atoms with van der Waals surface area (Å²) in [6.45, 7) is 4.19. The van der Waals surface area contributed by atoms with Gasteiger partial charge in [-0.05, 0) is 42.2 Å². The summed E-state index contributed by atoms with van der Waals surface area (Å²) in [4.78, 5) is 31.8. The van der Waals surface area contributed by atoms with Crippen molar-refractivity contribution in [3.05, 3.63) is 70.7 Å². The standard InChI is InChI=1S/C20H23N5O2/c1-13(2)10-17(18-22-12-23-25(18)3)24-19(26)15-7-4-6-14(11-15)16-8-5-9-21-20(16)27/h4-9,11-13,17H,10H2,1-3H3,(H,21,27)(H,24,26)/t17-/m1/s1. The number of carbonyl (C=O) groups excluding carboxylic acids is 1. The lowest BCUT2D eigenvalue weighted by Crippen LogP contribution is -2.31. The minimum Gasteiger partial charge on any atom is -0.342 e. The number of carbonyl (C=O) groups is 1. The van der Waals surface area contributed by atoms with Gasteiger partial charge in [-0.2, -0.15) is 5.10 Å². The maximum Gasteiger partial charge on any atom is 0.255 e. The smallest absolute Gasteiger partial charge is 0.255 e. The fraction of sp³-hybridized carbons (Fsp3) is 0.300. The fourth-order valence-corrected chi connectivity index (χ4v) is 3.04. The molecule has 0 radical (unpaired) electrons. The van der Waals surface area contributed by atoms with Gasteiger partial charge in [0.2, 0.25) is 0 Å². The number of pyridine rings is 1. The van der Waals surface area contributed by atoms with Gasteiger partial charge in [0.15, 0.2) is 0 Å². The molecule has 7 nitrogen and oxygen atoms in total. The van der Waals surface area contributed by atoms with Crippen molar-refractivity contribution in [1.82, 2.24) is 25.1 Å². The van der Waals surface area contributed by atoms with Crippen molar-refractivity contribution in [2.24, 2.45) is 13.0 Å². The number of amides is 1. The molecule has 0 aliphatic carbocycles. The third-order valence-corrected chi connectivity index (χ3v) is 4.32. The van der Waals surface area contributed by atoms with Crippen molar-refractivity contribution < 1.29 is 4.79 Å². The Kier molecular flexibility index (Phi) is 5.49. The van der Waals surface area contributed by atoms with Gasteiger partial charge in [-0.3, -0.25) is 14.3 Å². The summed E-state index contributed by atoms with van der Waals surface area (Å²) in [6, 6.07) is 10.3. The number of nitrogens with one attached hydrogen (secondary N) is 2. The zero-order valence-corrected chi connectivity index (χ0v) is 15.6. The Balaban J connectivity index is 1.87. The van der Waals surface area contributed by atoms with Crippen molar-refractivity contribution in [3.8, 4) is 11.1 Å². The highest BCUT2D eigenvalue weighted by molar-refractivity contribution is 5.95. The predicted octanol–water partition coefficient (Wildman–Crippen LogP) is 2.69. The number of aryl methyl sites for hydroxylation is 1. The zero-order valence-electron chi connectivity index (χ0n) is 15.6. The van der Waals surface area contributed by atoms with E-state index in [0.717, 1.165) is 6.42 Å². The van der Waals surface area contributed by atoms with Gasteiger partial charge in [0.25, 0.3) is 11.5 Å². The number of H-pyrrole nitrogens is 1. The molecule has 1 atom stereocenters. The molecular weight excluding hydrogens is 342 g/mol. The van der Waals surface area contributed by atoms with Crippen LogP contribution in [0.4, 0.5) is 0 Å². The molecule has 1 amide bonds. The quantitative estimate of drug-likeness (QED) is 0.702. The fourth-order valence-electron chi connectivity index (χ4n) is 3.04. The average molecular weight is 365 g/mol. The van der Waals surface area contributed by atoms with Gasteiger partial charge in [0, 0.05) is 24.4 Å². The van der Waals surface area contributed by atoms with E-state index in [2.05, 4.69) is 34.2 Å². The normalized spacial score (nSPS) is 12.1. The third-order valence-electron chi connectivity index (χ3n) is 4.32. The van der Waals surface area contributed by atoms with Crippen LogP contribution >= 0.6 is 0 Å². The van der Waals surface area contributed by atoms with Crippen LogP contribution in [-0.4, -0.2) is 25.7 Å². The summed E-state index contributed by atoms with van der Waals surface area (Å²) in [5, 5.41) is 7.16. The van der Waals surface area contributed by atoms with Crippen LogP contribution < -0.4 is 10.9 Å². The van der Waals surface area contributed by atoms with Crippen LogP contribution in [0.15, 0.2) is 53.7 Å². The van der Waals surface area contributed by atoms with Gasteiger partial charge in [0.05, 0.1) is 6.04 Å². The molecular formula is C20H23N5O2. The molecule has 2 aromatic heterocycles. The first-order chi connectivity index (χ1) is 13.0. The summed E-state index contributed by atoms with van der Waals surface area (Å²) in [5.74, 6) is 0.881. The molecule has 7 heteroatoms. The lowest BCUT2D eigenvalue weighted by molar-refractivity contribution is 0.0929. The highest BCUT2D eigenvalue weighted by Crippen LogP contribution is 2.21. The van der Waals surface area contributed by atoms with Gasteiger partial charge in [-0.15, -0.1) is 0 Å². The summed E-state index contributed by atoms with van der Waals surface area (Å²) in [5.41, 5.74) is 1.53. The van der Waals surface area contributed by atoms with E-state index >= 15 is 0 Å². The van der Waals surface area contributed by atoms with Gasteiger partial charge >= 0.3 is 0 Å². The molecule has 0 spiro atoms. The molecule has 1 aromatic carbocycles. The van der Waals surface area contributed by atoms with Crippen molar-refractivity contribution >= 4 is 5.91 Å². The molecule has 2 N–H and O–H groups in total. The lowest BCUT2D eigenvalue weighted by Gasteiger charge is -2.20. The SMILES string of the molecule is CC(C)C[C@@H](NC(=O)c1cccc(-c2ccc[nH]c2=O)c1)c1ncnn1C. The molecule has 0 saturated carbocycles. The first kappa shape index (κ1) is 18.6. The van der Waals surface area contributed by atoms with Crippen LogP contribution in [0.2, 0.25) is 0 Å². The molecule has 27 heavy (non-hydrogen) atoms. The Morgan fingerprint density at radius 2 is 2.07 bits per heavy atom. The summed E-state index contributed by atoms with van der Waals surface area (Å²) >= 11 is 0. The average Bonchev–Trinajstić information content (AvgIpc) is 3.07. The maximum absolute atomic E-state index is 12.9. The van der Waals surface area contributed by atoms with E-state index in [9.17, 15) is 9.59 Å². The summed E-state index contributed by atoms with van der Waals surface area (Å²) < 4.78 is 1.67. The van der Waals surface area contributed by atoms with E-state index in [1.807, 2.05) is 13.1 Å². The first-order valence-electron chi connectivity index (χ1n) is 8.88. The molecule has 3 rings (SSSR count). The number of hydrogen-bond acceptors (Lipinski definition) is 4. The third kappa shape index (κ3) is 4.31. The van der Waals surface area contributed by atoms with E-state index in [4.69, 9.17) is 0 Å². The molecule has 2 heterocycles. The number of benzene rings is 1. The molecule has 0 bridgehead atoms.